The van der Waals surface area contributed by atoms with Crippen molar-refractivity contribution in [1.29, 1.82) is 0 Å². The van der Waals surface area contributed by atoms with Gasteiger partial charge in [0.05, 0.1) is 35.5 Å². The number of benzene rings is 2. The van der Waals surface area contributed by atoms with Crippen LogP contribution in [0.25, 0.3) is 42.9 Å². The van der Waals surface area contributed by atoms with Crippen molar-refractivity contribution in [3.05, 3.63) is 70.8 Å². The number of hydrogen-bond acceptors (Lipinski definition) is 7. The Balaban J connectivity index is 1.06. The molecule has 268 valence electrons. The average molecular weight is 718 g/mol. The number of methoxy groups -OCH3 is 1. The number of rotatable bonds is 7. The maximum Gasteiger partial charge on any atom is 0.407 e. The molecule has 2 N–H and O–H groups in total. The molecule has 2 unspecified atom stereocenters. The number of piperidine rings is 1. The van der Waals surface area contributed by atoms with E-state index in [1.807, 2.05) is 49.9 Å². The summed E-state index contributed by atoms with van der Waals surface area (Å²) in [6, 6.07) is 16.1. The van der Waals surface area contributed by atoms with Gasteiger partial charge in [-0.25, -0.2) is 9.78 Å². The van der Waals surface area contributed by atoms with Crippen LogP contribution in [0.3, 0.4) is 0 Å². The summed E-state index contributed by atoms with van der Waals surface area (Å²) in [6.07, 6.45) is 3.81. The van der Waals surface area contributed by atoms with Crippen LogP contribution in [0.15, 0.2) is 48.5 Å². The van der Waals surface area contributed by atoms with Crippen molar-refractivity contribution in [3.8, 4) is 27.6 Å². The summed E-state index contributed by atoms with van der Waals surface area (Å²) in [5, 5.41) is 8.08. The highest BCUT2D eigenvalue weighted by Crippen LogP contribution is 2.46. The molecule has 0 spiro atoms. The number of carbonyl (C=O) groups is 3. The Kier molecular flexibility index (Phi) is 7.66. The number of fused-ring (bicyclic) bond motifs is 5. The van der Waals surface area contributed by atoms with E-state index in [1.165, 1.54) is 12.8 Å². The Morgan fingerprint density at radius 2 is 1.88 bits per heavy atom. The summed E-state index contributed by atoms with van der Waals surface area (Å²) >= 11 is 1.69. The predicted molar refractivity (Wildman–Crippen MR) is 202 cm³/mol. The Morgan fingerprint density at radius 1 is 1.06 bits per heavy atom. The van der Waals surface area contributed by atoms with Crippen LogP contribution >= 0.6 is 11.3 Å². The summed E-state index contributed by atoms with van der Waals surface area (Å²) in [6.45, 7) is 9.74. The molecule has 5 heterocycles. The zero-order valence-electron chi connectivity index (χ0n) is 30.2. The Morgan fingerprint density at radius 3 is 2.65 bits per heavy atom. The van der Waals surface area contributed by atoms with Gasteiger partial charge in [-0.1, -0.05) is 6.07 Å². The fraction of sp³-hybridized carbons (Fsp3) is 0.415. The zero-order chi connectivity index (χ0) is 36.1. The van der Waals surface area contributed by atoms with Gasteiger partial charge in [-0.2, -0.15) is 0 Å². The third kappa shape index (κ3) is 5.60. The number of carbonyl (C=O) groups excluding carboxylic acids is 3. The van der Waals surface area contributed by atoms with Gasteiger partial charge >= 0.3 is 6.09 Å². The minimum Gasteiger partial charge on any atom is -0.496 e. The minimum atomic E-state index is -0.587. The van der Waals surface area contributed by atoms with Crippen LogP contribution in [0.2, 0.25) is 0 Å². The molecule has 0 radical (unpaired) electrons. The largest absolute Gasteiger partial charge is 0.496 e. The van der Waals surface area contributed by atoms with Crippen LogP contribution in [-0.4, -0.2) is 63.7 Å². The minimum absolute atomic E-state index is 0.0241. The normalized spacial score (nSPS) is 20.8. The number of aromatic nitrogens is 2. The number of nitrogens with zero attached hydrogens (tertiary/aromatic N) is 3. The SMILES string of the molecule is COc1cc(C(=O)N2CC3CCC2[C@@H]3NC(=O)OC(C)(C)C)cc2sc(-c3cc4ccc(-c5ccc6c(c5)CNC6=O)nc4n3CC3CC3)c(C)c12. The lowest BCUT2D eigenvalue weighted by Gasteiger charge is -2.28. The highest BCUT2D eigenvalue weighted by molar-refractivity contribution is 7.22. The lowest BCUT2D eigenvalue weighted by atomic mass is 10.0. The van der Waals surface area contributed by atoms with Gasteiger partial charge in [-0.15, -0.1) is 11.3 Å². The number of hydrogen-bond donors (Lipinski definition) is 2. The van der Waals surface area contributed by atoms with Crippen LogP contribution in [0, 0.1) is 18.8 Å². The molecule has 10 nitrogen and oxygen atoms in total. The topological polar surface area (TPSA) is 115 Å². The molecule has 2 aromatic carbocycles. The Labute approximate surface area is 306 Å². The third-order valence-electron chi connectivity index (χ3n) is 11.2. The van der Waals surface area contributed by atoms with Crippen molar-refractivity contribution >= 4 is 50.4 Å². The molecule has 2 aliphatic carbocycles. The number of nitrogens with one attached hydrogen (secondary N) is 2. The van der Waals surface area contributed by atoms with Crippen LogP contribution in [0.4, 0.5) is 4.79 Å². The number of amides is 3. The van der Waals surface area contributed by atoms with E-state index in [4.69, 9.17) is 14.5 Å². The number of ether oxygens (including phenoxy) is 2. The molecule has 4 aliphatic rings. The average Bonchev–Trinajstić information content (AvgIpc) is 3.34. The second-order valence-corrected chi connectivity index (χ2v) is 16.9. The molecule has 52 heavy (non-hydrogen) atoms. The molecule has 11 heteroatoms. The summed E-state index contributed by atoms with van der Waals surface area (Å²) in [5.41, 5.74) is 6.81. The standard InChI is InChI=1S/C41H43N5O5S/c1-21-34-32(50-5)16-26(39(48)46-20-25-10-13-30(46)35(25)44-40(49)51-41(2,3)4)17-33(34)52-36(21)31-15-24-9-12-29(43-37(24)45(31)19-22-6-7-22)23-8-11-28-27(14-23)18-42-38(28)47/h8-9,11-12,14-17,22,25,30,35H,6-7,10,13,18-20H2,1-5H3,(H,42,47)(H,44,49)/t25?,30?,35-/m1/s1. The summed E-state index contributed by atoms with van der Waals surface area (Å²) < 4.78 is 14.9. The molecule has 3 atom stereocenters. The van der Waals surface area contributed by atoms with Gasteiger partial charge < -0.3 is 29.6 Å². The first-order chi connectivity index (χ1) is 25.0. The Bertz CT molecular complexity index is 2310. The van der Waals surface area contributed by atoms with Crippen LogP contribution < -0.4 is 15.4 Å². The molecule has 2 saturated carbocycles. The molecule has 3 fully saturated rings. The number of pyridine rings is 1. The van der Waals surface area contributed by atoms with E-state index in [2.05, 4.69) is 46.4 Å². The summed E-state index contributed by atoms with van der Waals surface area (Å²) in [5.74, 6) is 1.44. The number of likely N-dealkylation sites (tertiary alicyclic amines) is 1. The molecule has 5 aromatic rings. The molecular weight excluding hydrogens is 675 g/mol. The lowest BCUT2D eigenvalue weighted by molar-refractivity contribution is 0.0485. The monoisotopic (exact) mass is 717 g/mol. The molecule has 3 amide bonds. The van der Waals surface area contributed by atoms with Crippen molar-refractivity contribution < 1.29 is 23.9 Å². The van der Waals surface area contributed by atoms with Crippen molar-refractivity contribution in [2.45, 2.75) is 84.2 Å². The van der Waals surface area contributed by atoms with Gasteiger partial charge in [0.15, 0.2) is 0 Å². The number of alkyl carbamates (subject to hydrolysis) is 1. The first kappa shape index (κ1) is 33.0. The van der Waals surface area contributed by atoms with Crippen molar-refractivity contribution in [2.75, 3.05) is 13.7 Å². The quantitative estimate of drug-likeness (QED) is 0.179. The van der Waals surface area contributed by atoms with Crippen molar-refractivity contribution in [3.63, 3.8) is 0 Å². The highest BCUT2D eigenvalue weighted by Gasteiger charge is 2.50. The zero-order valence-corrected chi connectivity index (χ0v) is 31.0. The van der Waals surface area contributed by atoms with Gasteiger partial charge in [-0.3, -0.25) is 9.59 Å². The van der Waals surface area contributed by atoms with E-state index in [-0.39, 0.29) is 29.8 Å². The van der Waals surface area contributed by atoms with Gasteiger partial charge in [0.25, 0.3) is 11.8 Å². The van der Waals surface area contributed by atoms with Gasteiger partial charge in [0.2, 0.25) is 0 Å². The molecule has 9 rings (SSSR count). The fourth-order valence-electron chi connectivity index (χ4n) is 8.54. The van der Waals surface area contributed by atoms with Gasteiger partial charge in [0.1, 0.15) is 17.0 Å². The van der Waals surface area contributed by atoms with Crippen molar-refractivity contribution in [1.82, 2.24) is 25.1 Å². The molecule has 3 aromatic heterocycles. The van der Waals surface area contributed by atoms with Crippen LogP contribution in [0.1, 0.15) is 78.3 Å². The molecular formula is C41H43N5O5S. The second kappa shape index (κ2) is 12.1. The number of thiophene rings is 1. The first-order valence-corrected chi connectivity index (χ1v) is 19.1. The van der Waals surface area contributed by atoms with Crippen LogP contribution in [0.5, 0.6) is 5.75 Å². The predicted octanol–water partition coefficient (Wildman–Crippen LogP) is 7.68. The second-order valence-electron chi connectivity index (χ2n) is 15.9. The van der Waals surface area contributed by atoms with Crippen LogP contribution in [-0.2, 0) is 17.8 Å². The molecule has 2 bridgehead atoms. The lowest BCUT2D eigenvalue weighted by Crippen LogP contribution is -2.46. The van der Waals surface area contributed by atoms with E-state index in [1.54, 1.807) is 18.4 Å². The Hall–Kier alpha value is -4.90. The third-order valence-corrected chi connectivity index (χ3v) is 12.5. The van der Waals surface area contributed by atoms with E-state index in [0.717, 1.165) is 79.0 Å². The maximum atomic E-state index is 14.2. The molecule has 1 saturated heterocycles. The maximum absolute atomic E-state index is 14.2. The van der Waals surface area contributed by atoms with E-state index in [0.29, 0.717) is 30.3 Å². The van der Waals surface area contributed by atoms with E-state index < -0.39 is 11.7 Å². The smallest absolute Gasteiger partial charge is 0.407 e. The van der Waals surface area contributed by atoms with E-state index in [9.17, 15) is 14.4 Å². The van der Waals surface area contributed by atoms with Gasteiger partial charge in [0, 0.05) is 51.8 Å². The summed E-state index contributed by atoms with van der Waals surface area (Å²) in [4.78, 5) is 47.3. The first-order valence-electron chi connectivity index (χ1n) is 18.3. The summed E-state index contributed by atoms with van der Waals surface area (Å²) in [7, 11) is 1.67. The molecule has 2 aliphatic heterocycles. The van der Waals surface area contributed by atoms with E-state index >= 15 is 0 Å². The number of aryl methyl sites for hydroxylation is 1. The van der Waals surface area contributed by atoms with Gasteiger partial charge in [-0.05, 0) is 119 Å². The fourth-order valence-corrected chi connectivity index (χ4v) is 9.83. The van der Waals surface area contributed by atoms with Crippen molar-refractivity contribution in [2.24, 2.45) is 11.8 Å². The highest BCUT2D eigenvalue weighted by atomic mass is 32.1.